The first kappa shape index (κ1) is 13.9. The first-order valence-electron chi connectivity index (χ1n) is 6.26. The van der Waals surface area contributed by atoms with Gasteiger partial charge in [0, 0.05) is 20.1 Å². The minimum absolute atomic E-state index is 0.292. The molecule has 20 heavy (non-hydrogen) atoms. The molecule has 1 heterocycles. The van der Waals surface area contributed by atoms with E-state index in [1.165, 1.54) is 7.05 Å². The summed E-state index contributed by atoms with van der Waals surface area (Å²) in [5.74, 6) is -0.343. The molecule has 1 aromatic rings. The van der Waals surface area contributed by atoms with E-state index in [1.54, 1.807) is 24.3 Å². The quantitative estimate of drug-likeness (QED) is 0.737. The van der Waals surface area contributed by atoms with E-state index in [1.807, 2.05) is 6.07 Å². The van der Waals surface area contributed by atoms with Gasteiger partial charge in [0.2, 0.25) is 5.91 Å². The van der Waals surface area contributed by atoms with E-state index < -0.39 is 18.1 Å². The third-order valence-electron chi connectivity index (χ3n) is 3.01. The Balaban J connectivity index is 2.14. The molecule has 0 spiro atoms. The van der Waals surface area contributed by atoms with Crippen molar-refractivity contribution >= 4 is 18.0 Å². The summed E-state index contributed by atoms with van der Waals surface area (Å²) in [6, 6.07) is 6.99. The molecule has 2 rings (SSSR count). The average molecular weight is 276 g/mol. The molecule has 3 N–H and O–H groups in total. The number of carbonyl (C=O) groups excluding carboxylic acids is 3. The Hall–Kier alpha value is -2.57. The predicted molar refractivity (Wildman–Crippen MR) is 71.9 cm³/mol. The summed E-state index contributed by atoms with van der Waals surface area (Å²) in [6.45, 7) is 0.710. The predicted octanol–water partition coefficient (Wildman–Crippen LogP) is 0.209. The summed E-state index contributed by atoms with van der Waals surface area (Å²) < 4.78 is 0. The number of urea groups is 2. The van der Waals surface area contributed by atoms with Crippen molar-refractivity contribution in [3.8, 4) is 0 Å². The van der Waals surface area contributed by atoms with E-state index >= 15 is 0 Å². The van der Waals surface area contributed by atoms with Crippen molar-refractivity contribution in [2.75, 3.05) is 20.1 Å². The third kappa shape index (κ3) is 2.87. The van der Waals surface area contributed by atoms with E-state index in [0.29, 0.717) is 18.7 Å². The normalized spacial score (nSPS) is 15.4. The van der Waals surface area contributed by atoms with E-state index in [4.69, 9.17) is 0 Å². The molecular formula is C13H16N4O3. The first-order valence-corrected chi connectivity index (χ1v) is 6.26. The molecule has 1 aliphatic heterocycles. The molecule has 1 saturated heterocycles. The Labute approximate surface area is 116 Å². The van der Waals surface area contributed by atoms with Crippen LogP contribution in [0.25, 0.3) is 0 Å². The number of nitrogens with zero attached hydrogens (tertiary/aromatic N) is 1. The smallest absolute Gasteiger partial charge is 0.326 e. The molecule has 7 heteroatoms. The average Bonchev–Trinajstić information content (AvgIpc) is 2.91. The van der Waals surface area contributed by atoms with Crippen LogP contribution in [0.1, 0.15) is 11.6 Å². The lowest BCUT2D eigenvalue weighted by Gasteiger charge is -2.20. The van der Waals surface area contributed by atoms with Crippen LogP contribution >= 0.6 is 0 Å². The van der Waals surface area contributed by atoms with E-state index in [-0.39, 0.29) is 5.91 Å². The first-order chi connectivity index (χ1) is 9.63. The van der Waals surface area contributed by atoms with Gasteiger partial charge in [-0.05, 0) is 5.56 Å². The summed E-state index contributed by atoms with van der Waals surface area (Å²) in [7, 11) is 1.49. The van der Waals surface area contributed by atoms with Gasteiger partial charge in [0.1, 0.15) is 6.04 Å². The number of hydrogen-bond donors (Lipinski definition) is 3. The van der Waals surface area contributed by atoms with Gasteiger partial charge in [0.05, 0.1) is 0 Å². The lowest BCUT2D eigenvalue weighted by atomic mass is 10.1. The van der Waals surface area contributed by atoms with Crippen LogP contribution in [0.5, 0.6) is 0 Å². The van der Waals surface area contributed by atoms with Crippen LogP contribution in [0.15, 0.2) is 30.3 Å². The highest BCUT2D eigenvalue weighted by molar-refractivity contribution is 5.97. The van der Waals surface area contributed by atoms with E-state index in [9.17, 15) is 14.4 Å². The molecule has 1 aromatic carbocycles. The Morgan fingerprint density at radius 2 is 2.00 bits per heavy atom. The molecular weight excluding hydrogens is 260 g/mol. The zero-order chi connectivity index (χ0) is 14.5. The number of likely N-dealkylation sites (N-methyl/N-ethyl adjacent to an activating group) is 1. The number of carbonyl (C=O) groups is 3. The molecule has 0 bridgehead atoms. The zero-order valence-electron chi connectivity index (χ0n) is 11.1. The fraction of sp³-hybridized carbons (Fsp3) is 0.308. The summed E-state index contributed by atoms with van der Waals surface area (Å²) in [4.78, 5) is 36.4. The fourth-order valence-electron chi connectivity index (χ4n) is 1.96. The van der Waals surface area contributed by atoms with Crippen LogP contribution in [0.2, 0.25) is 0 Å². The van der Waals surface area contributed by atoms with Crippen molar-refractivity contribution < 1.29 is 14.4 Å². The number of nitrogens with one attached hydrogen (secondary N) is 3. The summed E-state index contributed by atoms with van der Waals surface area (Å²) >= 11 is 0. The van der Waals surface area contributed by atoms with Crippen molar-refractivity contribution in [3.05, 3.63) is 35.9 Å². The van der Waals surface area contributed by atoms with Gasteiger partial charge in [0.15, 0.2) is 0 Å². The van der Waals surface area contributed by atoms with Gasteiger partial charge in [-0.2, -0.15) is 0 Å². The number of benzene rings is 1. The largest absolute Gasteiger partial charge is 0.357 e. The van der Waals surface area contributed by atoms with Crippen molar-refractivity contribution in [1.29, 1.82) is 0 Å². The molecule has 1 fully saturated rings. The second kappa shape index (κ2) is 6.05. The minimum Gasteiger partial charge on any atom is -0.357 e. The standard InChI is InChI=1S/C13H16N4O3/c1-14-11(18)10(9-5-3-2-4-6-9)16-13(20)17-8-7-15-12(17)19/h2-6,10H,7-8H2,1H3,(H,14,18)(H,15,19)(H,16,20). The maximum absolute atomic E-state index is 12.0. The summed E-state index contributed by atoms with van der Waals surface area (Å²) in [5.41, 5.74) is 0.653. The van der Waals surface area contributed by atoms with Crippen LogP contribution in [-0.4, -0.2) is 43.0 Å². The molecule has 0 radical (unpaired) electrons. The van der Waals surface area contributed by atoms with E-state index in [2.05, 4.69) is 16.0 Å². The number of amides is 5. The highest BCUT2D eigenvalue weighted by Gasteiger charge is 2.30. The van der Waals surface area contributed by atoms with Crippen LogP contribution in [0, 0.1) is 0 Å². The van der Waals surface area contributed by atoms with Crippen molar-refractivity contribution in [3.63, 3.8) is 0 Å². The second-order valence-electron chi connectivity index (χ2n) is 4.29. The van der Waals surface area contributed by atoms with Gasteiger partial charge in [-0.25, -0.2) is 14.5 Å². The van der Waals surface area contributed by atoms with Gasteiger partial charge in [-0.1, -0.05) is 30.3 Å². The molecule has 1 aliphatic rings. The number of hydrogen-bond acceptors (Lipinski definition) is 3. The second-order valence-corrected chi connectivity index (χ2v) is 4.29. The monoisotopic (exact) mass is 276 g/mol. The Kier molecular flexibility index (Phi) is 4.19. The van der Waals surface area contributed by atoms with Crippen molar-refractivity contribution in [2.45, 2.75) is 6.04 Å². The lowest BCUT2D eigenvalue weighted by molar-refractivity contribution is -0.122. The van der Waals surface area contributed by atoms with Crippen LogP contribution in [0.4, 0.5) is 9.59 Å². The fourth-order valence-corrected chi connectivity index (χ4v) is 1.96. The summed E-state index contributed by atoms with van der Waals surface area (Å²) in [6.07, 6.45) is 0. The van der Waals surface area contributed by atoms with Gasteiger partial charge in [0.25, 0.3) is 0 Å². The Morgan fingerprint density at radius 1 is 1.30 bits per heavy atom. The molecule has 106 valence electrons. The number of rotatable bonds is 3. The highest BCUT2D eigenvalue weighted by atomic mass is 16.2. The maximum Gasteiger partial charge on any atom is 0.326 e. The van der Waals surface area contributed by atoms with Crippen molar-refractivity contribution in [2.24, 2.45) is 0 Å². The molecule has 0 aliphatic carbocycles. The molecule has 5 amide bonds. The molecule has 0 saturated carbocycles. The Morgan fingerprint density at radius 3 is 2.55 bits per heavy atom. The van der Waals surface area contributed by atoms with Gasteiger partial charge >= 0.3 is 12.1 Å². The summed E-state index contributed by atoms with van der Waals surface area (Å²) in [5, 5.41) is 7.60. The highest BCUT2D eigenvalue weighted by Crippen LogP contribution is 2.13. The molecule has 0 aromatic heterocycles. The van der Waals surface area contributed by atoms with Crippen LogP contribution in [-0.2, 0) is 4.79 Å². The lowest BCUT2D eigenvalue weighted by Crippen LogP contribution is -2.47. The SMILES string of the molecule is CNC(=O)C(NC(=O)N1CCNC1=O)c1ccccc1. The van der Waals surface area contributed by atoms with Gasteiger partial charge in [-0.3, -0.25) is 4.79 Å². The van der Waals surface area contributed by atoms with Gasteiger partial charge < -0.3 is 16.0 Å². The number of imide groups is 1. The molecule has 7 nitrogen and oxygen atoms in total. The molecule has 1 atom stereocenters. The van der Waals surface area contributed by atoms with Gasteiger partial charge in [-0.15, -0.1) is 0 Å². The minimum atomic E-state index is -0.831. The Bertz CT molecular complexity index is 518. The molecule has 1 unspecified atom stereocenters. The van der Waals surface area contributed by atoms with Crippen LogP contribution in [0.3, 0.4) is 0 Å². The third-order valence-corrected chi connectivity index (χ3v) is 3.01. The van der Waals surface area contributed by atoms with Crippen molar-refractivity contribution in [1.82, 2.24) is 20.9 Å². The topological polar surface area (TPSA) is 90.5 Å². The maximum atomic E-state index is 12.0. The zero-order valence-corrected chi connectivity index (χ0v) is 11.1. The van der Waals surface area contributed by atoms with Crippen LogP contribution < -0.4 is 16.0 Å². The van der Waals surface area contributed by atoms with E-state index in [0.717, 1.165) is 4.90 Å².